The minimum atomic E-state index is 0.0115. The quantitative estimate of drug-likeness (QED) is 0.869. The Morgan fingerprint density at radius 1 is 1.13 bits per heavy atom. The molecule has 3 rings (SSSR count). The molecule has 2 aromatic rings. The fourth-order valence-electron chi connectivity index (χ4n) is 2.96. The summed E-state index contributed by atoms with van der Waals surface area (Å²) >= 11 is 0. The smallest absolute Gasteiger partial charge is 0.272 e. The summed E-state index contributed by atoms with van der Waals surface area (Å²) in [7, 11) is 0. The third-order valence-electron chi connectivity index (χ3n) is 4.18. The molecule has 0 spiro atoms. The van der Waals surface area contributed by atoms with Gasteiger partial charge in [-0.2, -0.15) is 0 Å². The van der Waals surface area contributed by atoms with Crippen LogP contribution >= 0.6 is 0 Å². The fraction of sp³-hybridized carbons (Fsp3) is 0.389. The summed E-state index contributed by atoms with van der Waals surface area (Å²) in [5.74, 6) is 0.770. The Labute approximate surface area is 137 Å². The van der Waals surface area contributed by atoms with E-state index in [9.17, 15) is 4.79 Å². The predicted molar refractivity (Wildman–Crippen MR) is 90.9 cm³/mol. The van der Waals surface area contributed by atoms with E-state index in [0.717, 1.165) is 44.0 Å². The van der Waals surface area contributed by atoms with E-state index >= 15 is 0 Å². The number of rotatable bonds is 4. The average molecular weight is 310 g/mol. The van der Waals surface area contributed by atoms with Crippen LogP contribution in [-0.2, 0) is 0 Å². The van der Waals surface area contributed by atoms with Crippen LogP contribution in [0, 0.1) is 0 Å². The molecular weight excluding hydrogens is 288 g/mol. The molecule has 120 valence electrons. The highest BCUT2D eigenvalue weighted by Crippen LogP contribution is 2.23. The third kappa shape index (κ3) is 3.50. The van der Waals surface area contributed by atoms with Gasteiger partial charge in [0.25, 0.3) is 5.91 Å². The molecule has 5 heteroatoms. The number of hydrogen-bond donors (Lipinski definition) is 0. The van der Waals surface area contributed by atoms with Gasteiger partial charge in [-0.15, -0.1) is 0 Å². The number of piperidine rings is 1. The molecule has 1 aromatic carbocycles. The zero-order chi connectivity index (χ0) is 16.1. The lowest BCUT2D eigenvalue weighted by atomic mass is 10.1. The van der Waals surface area contributed by atoms with Crippen LogP contribution in [0.25, 0.3) is 0 Å². The highest BCUT2D eigenvalue weighted by Gasteiger charge is 2.20. The number of amides is 1. The molecule has 1 amide bonds. The lowest BCUT2D eigenvalue weighted by Crippen LogP contribution is -2.36. The number of anilines is 2. The van der Waals surface area contributed by atoms with E-state index in [1.165, 1.54) is 12.7 Å². The van der Waals surface area contributed by atoms with Gasteiger partial charge in [-0.3, -0.25) is 4.79 Å². The van der Waals surface area contributed by atoms with Crippen LogP contribution in [-0.4, -0.2) is 40.4 Å². The van der Waals surface area contributed by atoms with Crippen molar-refractivity contribution in [2.24, 2.45) is 0 Å². The van der Waals surface area contributed by atoms with Gasteiger partial charge < -0.3 is 9.80 Å². The van der Waals surface area contributed by atoms with Gasteiger partial charge >= 0.3 is 0 Å². The van der Waals surface area contributed by atoms with E-state index in [2.05, 4.69) is 21.8 Å². The second-order valence-corrected chi connectivity index (χ2v) is 5.69. The lowest BCUT2D eigenvalue weighted by molar-refractivity contribution is 0.0718. The number of likely N-dealkylation sites (tertiary alicyclic amines) is 1. The summed E-state index contributed by atoms with van der Waals surface area (Å²) in [5.41, 5.74) is 1.54. The maximum absolute atomic E-state index is 12.6. The Bertz CT molecular complexity index is 653. The summed E-state index contributed by atoms with van der Waals surface area (Å²) in [5, 5.41) is 0. The molecule has 1 aliphatic rings. The van der Waals surface area contributed by atoms with Crippen molar-refractivity contribution in [3.05, 3.63) is 48.4 Å². The predicted octanol–water partition coefficient (Wildman–Crippen LogP) is 3.26. The van der Waals surface area contributed by atoms with Crippen molar-refractivity contribution in [1.82, 2.24) is 14.9 Å². The normalized spacial score (nSPS) is 14.6. The minimum Gasteiger partial charge on any atom is -0.337 e. The molecule has 0 N–H and O–H groups in total. The molecular formula is C18H22N4O. The Morgan fingerprint density at radius 3 is 2.57 bits per heavy atom. The first-order chi connectivity index (χ1) is 11.3. The second-order valence-electron chi connectivity index (χ2n) is 5.69. The van der Waals surface area contributed by atoms with E-state index in [-0.39, 0.29) is 5.91 Å². The lowest BCUT2D eigenvalue weighted by Gasteiger charge is -2.27. The largest absolute Gasteiger partial charge is 0.337 e. The SMILES string of the molecule is CCN(c1ccccc1)c1cc(C(=O)N2CCCCC2)ncn1. The Kier molecular flexibility index (Phi) is 4.86. The minimum absolute atomic E-state index is 0.0115. The molecule has 0 unspecified atom stereocenters. The van der Waals surface area contributed by atoms with E-state index in [1.807, 2.05) is 35.2 Å². The molecule has 23 heavy (non-hydrogen) atoms. The van der Waals surface area contributed by atoms with Crippen LogP contribution < -0.4 is 4.90 Å². The Balaban J connectivity index is 1.85. The number of para-hydroxylation sites is 1. The summed E-state index contributed by atoms with van der Waals surface area (Å²) in [6.45, 7) is 4.50. The average Bonchev–Trinajstić information content (AvgIpc) is 2.64. The van der Waals surface area contributed by atoms with Gasteiger partial charge in [0.1, 0.15) is 17.8 Å². The zero-order valence-corrected chi connectivity index (χ0v) is 13.5. The second kappa shape index (κ2) is 7.22. The van der Waals surface area contributed by atoms with Crippen molar-refractivity contribution >= 4 is 17.4 Å². The molecule has 0 atom stereocenters. The van der Waals surface area contributed by atoms with E-state index in [1.54, 1.807) is 6.07 Å². The first kappa shape index (κ1) is 15.5. The molecule has 2 heterocycles. The van der Waals surface area contributed by atoms with Crippen molar-refractivity contribution in [2.75, 3.05) is 24.5 Å². The molecule has 1 aliphatic heterocycles. The van der Waals surface area contributed by atoms with Crippen LogP contribution in [0.5, 0.6) is 0 Å². The summed E-state index contributed by atoms with van der Waals surface area (Å²) in [4.78, 5) is 25.1. The van der Waals surface area contributed by atoms with Gasteiger partial charge in [-0.1, -0.05) is 18.2 Å². The molecule has 1 fully saturated rings. The fourth-order valence-corrected chi connectivity index (χ4v) is 2.96. The molecule has 5 nitrogen and oxygen atoms in total. The van der Waals surface area contributed by atoms with E-state index in [0.29, 0.717) is 5.69 Å². The summed E-state index contributed by atoms with van der Waals surface area (Å²) < 4.78 is 0. The van der Waals surface area contributed by atoms with Crippen molar-refractivity contribution in [1.29, 1.82) is 0 Å². The van der Waals surface area contributed by atoms with Crippen molar-refractivity contribution in [3.63, 3.8) is 0 Å². The molecule has 1 aromatic heterocycles. The first-order valence-corrected chi connectivity index (χ1v) is 8.23. The van der Waals surface area contributed by atoms with Crippen LogP contribution in [0.4, 0.5) is 11.5 Å². The maximum atomic E-state index is 12.6. The van der Waals surface area contributed by atoms with Crippen LogP contribution in [0.2, 0.25) is 0 Å². The number of nitrogens with zero attached hydrogens (tertiary/aromatic N) is 4. The number of aromatic nitrogens is 2. The van der Waals surface area contributed by atoms with Crippen molar-refractivity contribution in [3.8, 4) is 0 Å². The van der Waals surface area contributed by atoms with Crippen LogP contribution in [0.15, 0.2) is 42.7 Å². The Morgan fingerprint density at radius 2 is 1.87 bits per heavy atom. The van der Waals surface area contributed by atoms with Gasteiger partial charge in [0.15, 0.2) is 0 Å². The molecule has 0 bridgehead atoms. The van der Waals surface area contributed by atoms with Gasteiger partial charge in [0.2, 0.25) is 0 Å². The molecule has 1 saturated heterocycles. The number of benzene rings is 1. The molecule has 0 saturated carbocycles. The zero-order valence-electron chi connectivity index (χ0n) is 13.5. The van der Waals surface area contributed by atoms with Gasteiger partial charge in [-0.25, -0.2) is 9.97 Å². The van der Waals surface area contributed by atoms with Crippen LogP contribution in [0.1, 0.15) is 36.7 Å². The highest BCUT2D eigenvalue weighted by molar-refractivity contribution is 5.93. The third-order valence-corrected chi connectivity index (χ3v) is 4.18. The van der Waals surface area contributed by atoms with Crippen LogP contribution in [0.3, 0.4) is 0 Å². The van der Waals surface area contributed by atoms with Gasteiger partial charge in [0.05, 0.1) is 0 Å². The van der Waals surface area contributed by atoms with E-state index in [4.69, 9.17) is 0 Å². The van der Waals surface area contributed by atoms with Gasteiger partial charge in [-0.05, 0) is 38.3 Å². The molecule has 0 radical (unpaired) electrons. The number of carbonyl (C=O) groups excluding carboxylic acids is 1. The standard InChI is InChI=1S/C18H22N4O/c1-2-22(15-9-5-3-6-10-15)17-13-16(19-14-20-17)18(23)21-11-7-4-8-12-21/h3,5-6,9-10,13-14H,2,4,7-8,11-12H2,1H3. The van der Waals surface area contributed by atoms with E-state index < -0.39 is 0 Å². The van der Waals surface area contributed by atoms with Crippen molar-refractivity contribution in [2.45, 2.75) is 26.2 Å². The molecule has 0 aliphatic carbocycles. The summed E-state index contributed by atoms with van der Waals surface area (Å²) in [6.07, 6.45) is 4.85. The highest BCUT2D eigenvalue weighted by atomic mass is 16.2. The monoisotopic (exact) mass is 310 g/mol. The topological polar surface area (TPSA) is 49.3 Å². The Hall–Kier alpha value is -2.43. The van der Waals surface area contributed by atoms with Gasteiger partial charge in [0, 0.05) is 31.4 Å². The maximum Gasteiger partial charge on any atom is 0.272 e. The van der Waals surface area contributed by atoms with Crippen molar-refractivity contribution < 1.29 is 4.79 Å². The number of carbonyl (C=O) groups is 1. The summed E-state index contributed by atoms with van der Waals surface area (Å²) in [6, 6.07) is 11.9. The first-order valence-electron chi connectivity index (χ1n) is 8.23. The number of hydrogen-bond acceptors (Lipinski definition) is 4.